The molecule has 0 aliphatic carbocycles. The van der Waals surface area contributed by atoms with Gasteiger partial charge in [-0.3, -0.25) is 4.79 Å². The number of halogens is 2. The van der Waals surface area contributed by atoms with E-state index >= 15 is 0 Å². The summed E-state index contributed by atoms with van der Waals surface area (Å²) in [4.78, 5) is 12.3. The average Bonchev–Trinajstić information content (AvgIpc) is 2.60. The first kappa shape index (κ1) is 16.4. The molecule has 1 amide bonds. The van der Waals surface area contributed by atoms with E-state index < -0.39 is 0 Å². The van der Waals surface area contributed by atoms with Gasteiger partial charge in [-0.05, 0) is 35.4 Å². The Kier molecular flexibility index (Phi) is 4.74. The summed E-state index contributed by atoms with van der Waals surface area (Å²) < 4.78 is 0. The molecule has 0 saturated heterocycles. The Balaban J connectivity index is 1.78. The second-order valence-corrected chi connectivity index (χ2v) is 6.07. The maximum absolute atomic E-state index is 12.3. The van der Waals surface area contributed by atoms with Crippen molar-refractivity contribution in [2.24, 2.45) is 0 Å². The van der Waals surface area contributed by atoms with Gasteiger partial charge in [0.1, 0.15) is 0 Å². The summed E-state index contributed by atoms with van der Waals surface area (Å²) in [5.41, 5.74) is 9.17. The lowest BCUT2D eigenvalue weighted by molar-refractivity contribution is 0.102. The molecule has 0 fully saturated rings. The Hall–Kier alpha value is -2.49. The lowest BCUT2D eigenvalue weighted by atomic mass is 10.0. The quantitative estimate of drug-likeness (QED) is 0.609. The third-order valence-corrected chi connectivity index (χ3v) is 4.22. The summed E-state index contributed by atoms with van der Waals surface area (Å²) >= 11 is 12.0. The molecule has 120 valence electrons. The highest BCUT2D eigenvalue weighted by Crippen LogP contribution is 2.31. The molecule has 0 bridgehead atoms. The van der Waals surface area contributed by atoms with Crippen LogP contribution in [0.4, 0.5) is 11.4 Å². The zero-order valence-electron chi connectivity index (χ0n) is 12.6. The van der Waals surface area contributed by atoms with Crippen molar-refractivity contribution >= 4 is 40.5 Å². The molecule has 3 rings (SSSR count). The van der Waals surface area contributed by atoms with E-state index in [1.54, 1.807) is 24.3 Å². The Bertz CT molecular complexity index is 855. The van der Waals surface area contributed by atoms with Crippen molar-refractivity contribution in [2.45, 2.75) is 0 Å². The Morgan fingerprint density at radius 3 is 1.96 bits per heavy atom. The largest absolute Gasteiger partial charge is 0.396 e. The van der Waals surface area contributed by atoms with Crippen LogP contribution in [-0.4, -0.2) is 5.91 Å². The van der Waals surface area contributed by atoms with Gasteiger partial charge >= 0.3 is 0 Å². The van der Waals surface area contributed by atoms with E-state index in [1.807, 2.05) is 42.5 Å². The molecule has 0 atom stereocenters. The van der Waals surface area contributed by atoms with Crippen molar-refractivity contribution in [1.82, 2.24) is 0 Å². The first-order valence-electron chi connectivity index (χ1n) is 7.26. The fourth-order valence-electron chi connectivity index (χ4n) is 2.30. The number of hydrogen-bond donors (Lipinski definition) is 2. The molecule has 0 saturated carbocycles. The van der Waals surface area contributed by atoms with Gasteiger partial charge in [0.25, 0.3) is 5.91 Å². The topological polar surface area (TPSA) is 55.1 Å². The number of amides is 1. The summed E-state index contributed by atoms with van der Waals surface area (Å²) in [6.45, 7) is 0. The molecule has 0 aliphatic heterocycles. The summed E-state index contributed by atoms with van der Waals surface area (Å²) in [7, 11) is 0. The van der Waals surface area contributed by atoms with Gasteiger partial charge in [-0.2, -0.15) is 0 Å². The van der Waals surface area contributed by atoms with Crippen LogP contribution >= 0.6 is 23.2 Å². The zero-order chi connectivity index (χ0) is 17.1. The summed E-state index contributed by atoms with van der Waals surface area (Å²) in [6, 6.07) is 20.5. The molecule has 0 spiro atoms. The maximum Gasteiger partial charge on any atom is 0.255 e. The fourth-order valence-corrected chi connectivity index (χ4v) is 2.79. The predicted octanol–water partition coefficient (Wildman–Crippen LogP) is 5.49. The smallest absolute Gasteiger partial charge is 0.255 e. The minimum absolute atomic E-state index is 0.244. The van der Waals surface area contributed by atoms with E-state index in [0.717, 1.165) is 11.1 Å². The summed E-state index contributed by atoms with van der Waals surface area (Å²) in [5, 5.41) is 3.37. The van der Waals surface area contributed by atoms with Crippen LogP contribution in [0, 0.1) is 0 Å². The summed E-state index contributed by atoms with van der Waals surface area (Å²) in [5.74, 6) is -0.244. The van der Waals surface area contributed by atoms with Crippen LogP contribution in [-0.2, 0) is 0 Å². The fraction of sp³-hybridized carbons (Fsp3) is 0. The maximum atomic E-state index is 12.3. The molecule has 0 aromatic heterocycles. The van der Waals surface area contributed by atoms with Crippen molar-refractivity contribution in [3.8, 4) is 11.1 Å². The number of nitrogen functional groups attached to an aromatic ring is 1. The standard InChI is InChI=1S/C19H14Cl2N2O/c20-16-10-15(11-17(21)18(16)22)23-19(24)14-8-6-13(7-9-14)12-4-2-1-3-5-12/h1-11H,22H2,(H,23,24). The first-order chi connectivity index (χ1) is 11.5. The first-order valence-corrected chi connectivity index (χ1v) is 8.01. The zero-order valence-corrected chi connectivity index (χ0v) is 14.1. The van der Waals surface area contributed by atoms with E-state index in [4.69, 9.17) is 28.9 Å². The lowest BCUT2D eigenvalue weighted by Crippen LogP contribution is -2.12. The number of rotatable bonds is 3. The molecule has 3 N–H and O–H groups in total. The van der Waals surface area contributed by atoms with Crippen LogP contribution in [0.3, 0.4) is 0 Å². The van der Waals surface area contributed by atoms with Gasteiger partial charge in [-0.15, -0.1) is 0 Å². The number of anilines is 2. The molecule has 3 aromatic carbocycles. The molecule has 3 aromatic rings. The number of nitrogens with one attached hydrogen (secondary N) is 1. The van der Waals surface area contributed by atoms with Crippen LogP contribution in [0.1, 0.15) is 10.4 Å². The van der Waals surface area contributed by atoms with Crippen LogP contribution in [0.5, 0.6) is 0 Å². The van der Waals surface area contributed by atoms with Crippen LogP contribution in [0.2, 0.25) is 10.0 Å². The molecular weight excluding hydrogens is 343 g/mol. The van der Waals surface area contributed by atoms with E-state index in [-0.39, 0.29) is 5.91 Å². The van der Waals surface area contributed by atoms with E-state index in [2.05, 4.69) is 5.32 Å². The van der Waals surface area contributed by atoms with Gasteiger partial charge in [-0.1, -0.05) is 65.7 Å². The van der Waals surface area contributed by atoms with E-state index in [1.165, 1.54) is 0 Å². The molecular formula is C19H14Cl2N2O. The van der Waals surface area contributed by atoms with Crippen LogP contribution in [0.25, 0.3) is 11.1 Å². The Morgan fingerprint density at radius 1 is 0.833 bits per heavy atom. The third-order valence-electron chi connectivity index (χ3n) is 3.59. The van der Waals surface area contributed by atoms with Gasteiger partial charge < -0.3 is 11.1 Å². The Labute approximate surface area is 150 Å². The van der Waals surface area contributed by atoms with Crippen LogP contribution < -0.4 is 11.1 Å². The second-order valence-electron chi connectivity index (χ2n) is 5.25. The number of carbonyl (C=O) groups excluding carboxylic acids is 1. The lowest BCUT2D eigenvalue weighted by Gasteiger charge is -2.09. The van der Waals surface area contributed by atoms with E-state index in [9.17, 15) is 4.79 Å². The van der Waals surface area contributed by atoms with Gasteiger partial charge in [0, 0.05) is 11.3 Å². The normalized spacial score (nSPS) is 10.4. The molecule has 24 heavy (non-hydrogen) atoms. The predicted molar refractivity (Wildman–Crippen MR) is 101 cm³/mol. The second kappa shape index (κ2) is 6.95. The van der Waals surface area contributed by atoms with Crippen molar-refractivity contribution in [3.05, 3.63) is 82.3 Å². The highest BCUT2D eigenvalue weighted by molar-refractivity contribution is 6.39. The van der Waals surface area contributed by atoms with E-state index in [0.29, 0.717) is 27.0 Å². The highest BCUT2D eigenvalue weighted by atomic mass is 35.5. The molecule has 0 heterocycles. The number of hydrogen-bond acceptors (Lipinski definition) is 2. The average molecular weight is 357 g/mol. The monoisotopic (exact) mass is 356 g/mol. The molecule has 3 nitrogen and oxygen atoms in total. The van der Waals surface area contributed by atoms with Crippen molar-refractivity contribution in [3.63, 3.8) is 0 Å². The number of carbonyl (C=O) groups is 1. The number of benzene rings is 3. The molecule has 5 heteroatoms. The molecule has 0 unspecified atom stereocenters. The van der Waals surface area contributed by atoms with Crippen LogP contribution in [0.15, 0.2) is 66.7 Å². The number of nitrogens with two attached hydrogens (primary N) is 1. The molecule has 0 radical (unpaired) electrons. The third kappa shape index (κ3) is 3.53. The minimum atomic E-state index is -0.244. The minimum Gasteiger partial charge on any atom is -0.396 e. The van der Waals surface area contributed by atoms with Crippen molar-refractivity contribution in [1.29, 1.82) is 0 Å². The SMILES string of the molecule is Nc1c(Cl)cc(NC(=O)c2ccc(-c3ccccc3)cc2)cc1Cl. The van der Waals surface area contributed by atoms with Gasteiger partial charge in [0.15, 0.2) is 0 Å². The van der Waals surface area contributed by atoms with Gasteiger partial charge in [0.2, 0.25) is 0 Å². The van der Waals surface area contributed by atoms with Gasteiger partial charge in [0.05, 0.1) is 15.7 Å². The summed E-state index contributed by atoms with van der Waals surface area (Å²) in [6.07, 6.45) is 0. The van der Waals surface area contributed by atoms with Gasteiger partial charge in [-0.25, -0.2) is 0 Å². The van der Waals surface area contributed by atoms with Crippen molar-refractivity contribution in [2.75, 3.05) is 11.1 Å². The molecule has 0 aliphatic rings. The van der Waals surface area contributed by atoms with Crippen molar-refractivity contribution < 1.29 is 4.79 Å². The Morgan fingerprint density at radius 2 is 1.38 bits per heavy atom. The highest BCUT2D eigenvalue weighted by Gasteiger charge is 2.10.